The van der Waals surface area contributed by atoms with Crippen molar-refractivity contribution in [1.29, 1.82) is 0 Å². The average molecular weight is 284 g/mol. The highest BCUT2D eigenvalue weighted by Crippen LogP contribution is 2.26. The second-order valence-electron chi connectivity index (χ2n) is 2.25. The molecule has 1 aromatic rings. The van der Waals surface area contributed by atoms with Crippen molar-refractivity contribution in [3.05, 3.63) is 21.9 Å². The van der Waals surface area contributed by atoms with Crippen LogP contribution in [0.25, 0.3) is 0 Å². The molecule has 2 N–H and O–H groups in total. The number of hydrogen-bond donors (Lipinski definition) is 1. The first kappa shape index (κ1) is 10.8. The molecule has 0 atom stereocenters. The molecule has 0 spiro atoms. The van der Waals surface area contributed by atoms with Crippen LogP contribution in [0.2, 0.25) is 10.2 Å². The molecule has 0 aromatic carbocycles. The van der Waals surface area contributed by atoms with Crippen molar-refractivity contribution in [2.45, 2.75) is 0 Å². The number of nitrogen functional groups attached to an aromatic ring is 1. The second-order valence-corrected chi connectivity index (χ2v) is 3.58. The van der Waals surface area contributed by atoms with Crippen LogP contribution in [-0.4, -0.2) is 16.1 Å². The number of aromatic nitrogens is 1. The molecule has 0 aliphatic rings. The first-order chi connectivity index (χ1) is 6.06. The molecule has 1 heterocycles. The third-order valence-electron chi connectivity index (χ3n) is 1.37. The van der Waals surface area contributed by atoms with Gasteiger partial charge in [-0.25, -0.2) is 4.98 Å². The zero-order chi connectivity index (χ0) is 10.0. The van der Waals surface area contributed by atoms with Crippen molar-refractivity contribution in [3.63, 3.8) is 0 Å². The number of halogens is 3. The molecule has 0 aliphatic heterocycles. The molecule has 1 rings (SSSR count). The summed E-state index contributed by atoms with van der Waals surface area (Å²) >= 11 is 14.3. The highest BCUT2D eigenvalue weighted by molar-refractivity contribution is 9.09. The standard InChI is InChI=1S/C7H5BrCl2N2O/c8-2-5(13)4-1-3(9)6(11)7(10)12-4/h1H,2,11H2. The van der Waals surface area contributed by atoms with Crippen LogP contribution in [0.5, 0.6) is 0 Å². The number of rotatable bonds is 2. The van der Waals surface area contributed by atoms with Gasteiger partial charge in [-0.15, -0.1) is 0 Å². The van der Waals surface area contributed by atoms with Crippen LogP contribution < -0.4 is 5.73 Å². The smallest absolute Gasteiger partial charge is 0.191 e. The van der Waals surface area contributed by atoms with E-state index in [0.29, 0.717) is 0 Å². The van der Waals surface area contributed by atoms with Crippen LogP contribution in [-0.2, 0) is 0 Å². The number of carbonyl (C=O) groups excluding carboxylic acids is 1. The molecule has 70 valence electrons. The van der Waals surface area contributed by atoms with E-state index >= 15 is 0 Å². The van der Waals surface area contributed by atoms with Crippen molar-refractivity contribution in [3.8, 4) is 0 Å². The zero-order valence-electron chi connectivity index (χ0n) is 6.35. The van der Waals surface area contributed by atoms with Crippen molar-refractivity contribution in [2.24, 2.45) is 0 Å². The van der Waals surface area contributed by atoms with Gasteiger partial charge in [-0.2, -0.15) is 0 Å². The van der Waals surface area contributed by atoms with Crippen molar-refractivity contribution in [1.82, 2.24) is 4.98 Å². The average Bonchev–Trinajstić information content (AvgIpc) is 2.12. The number of carbonyl (C=O) groups is 1. The summed E-state index contributed by atoms with van der Waals surface area (Å²) in [5, 5.41) is 0.470. The summed E-state index contributed by atoms with van der Waals surface area (Å²) in [6.07, 6.45) is 0. The maximum atomic E-state index is 11.2. The lowest BCUT2D eigenvalue weighted by Crippen LogP contribution is -2.04. The van der Waals surface area contributed by atoms with Crippen LogP contribution >= 0.6 is 39.1 Å². The minimum Gasteiger partial charge on any atom is -0.395 e. The molecule has 1 aromatic heterocycles. The molecule has 0 amide bonds. The first-order valence-electron chi connectivity index (χ1n) is 3.27. The molecule has 0 saturated heterocycles. The predicted molar refractivity (Wildman–Crippen MR) is 56.8 cm³/mol. The molecule has 3 nitrogen and oxygen atoms in total. The lowest BCUT2D eigenvalue weighted by molar-refractivity contribution is 0.101. The summed E-state index contributed by atoms with van der Waals surface area (Å²) in [6, 6.07) is 1.40. The predicted octanol–water partition coefficient (Wildman–Crippen LogP) is 2.55. The summed E-state index contributed by atoms with van der Waals surface area (Å²) in [5.41, 5.74) is 5.84. The number of pyridine rings is 1. The number of nitrogens with zero attached hydrogens (tertiary/aromatic N) is 1. The van der Waals surface area contributed by atoms with E-state index in [0.717, 1.165) is 0 Å². The number of Topliss-reactive ketones (excluding diaryl/α,β-unsaturated/α-hetero) is 1. The lowest BCUT2D eigenvalue weighted by Gasteiger charge is -2.02. The number of hydrogen-bond acceptors (Lipinski definition) is 3. The Kier molecular flexibility index (Phi) is 3.53. The highest BCUT2D eigenvalue weighted by atomic mass is 79.9. The Labute approximate surface area is 93.4 Å². The van der Waals surface area contributed by atoms with Crippen molar-refractivity contribution >= 4 is 50.6 Å². The van der Waals surface area contributed by atoms with Crippen LogP contribution in [0.1, 0.15) is 10.5 Å². The first-order valence-corrected chi connectivity index (χ1v) is 5.14. The van der Waals surface area contributed by atoms with Crippen LogP contribution in [0.15, 0.2) is 6.07 Å². The fourth-order valence-electron chi connectivity index (χ4n) is 0.706. The van der Waals surface area contributed by atoms with Gasteiger partial charge in [0.1, 0.15) is 5.69 Å². The third-order valence-corrected chi connectivity index (χ3v) is 2.48. The molecule has 0 unspecified atom stereocenters. The van der Waals surface area contributed by atoms with Gasteiger partial charge in [0.15, 0.2) is 10.9 Å². The van der Waals surface area contributed by atoms with E-state index in [1.54, 1.807) is 0 Å². The van der Waals surface area contributed by atoms with E-state index < -0.39 is 0 Å². The molecule has 0 saturated carbocycles. The molecule has 0 fully saturated rings. The largest absolute Gasteiger partial charge is 0.395 e. The van der Waals surface area contributed by atoms with Gasteiger partial charge in [0, 0.05) is 0 Å². The molecular weight excluding hydrogens is 279 g/mol. The van der Waals surface area contributed by atoms with E-state index in [1.165, 1.54) is 6.07 Å². The Bertz CT molecular complexity index is 333. The van der Waals surface area contributed by atoms with Gasteiger partial charge in [-0.1, -0.05) is 39.1 Å². The van der Waals surface area contributed by atoms with Gasteiger partial charge >= 0.3 is 0 Å². The van der Waals surface area contributed by atoms with Crippen molar-refractivity contribution < 1.29 is 4.79 Å². The fraction of sp³-hybridized carbons (Fsp3) is 0.143. The Morgan fingerprint density at radius 2 is 2.23 bits per heavy atom. The summed E-state index contributed by atoms with van der Waals surface area (Å²) in [5.74, 6) is -0.191. The van der Waals surface area contributed by atoms with Crippen molar-refractivity contribution in [2.75, 3.05) is 11.1 Å². The Hall–Kier alpha value is -0.320. The minimum atomic E-state index is -0.191. The Morgan fingerprint density at radius 3 is 2.69 bits per heavy atom. The third kappa shape index (κ3) is 2.33. The van der Waals surface area contributed by atoms with E-state index in [2.05, 4.69) is 20.9 Å². The summed E-state index contributed by atoms with van der Waals surface area (Å²) in [6.45, 7) is 0. The summed E-state index contributed by atoms with van der Waals surface area (Å²) < 4.78 is 0. The van der Waals surface area contributed by atoms with E-state index in [-0.39, 0.29) is 32.7 Å². The summed E-state index contributed by atoms with van der Waals surface area (Å²) in [4.78, 5) is 14.9. The normalized spacial score (nSPS) is 10.1. The quantitative estimate of drug-likeness (QED) is 0.516. The van der Waals surface area contributed by atoms with E-state index in [9.17, 15) is 4.79 Å². The molecular formula is C7H5BrCl2N2O. The summed E-state index contributed by atoms with van der Waals surface area (Å²) in [7, 11) is 0. The second kappa shape index (κ2) is 4.26. The maximum absolute atomic E-state index is 11.2. The number of nitrogens with two attached hydrogens (primary N) is 1. The molecule has 0 aliphatic carbocycles. The van der Waals surface area contributed by atoms with Crippen LogP contribution in [0, 0.1) is 0 Å². The highest BCUT2D eigenvalue weighted by Gasteiger charge is 2.11. The van der Waals surface area contributed by atoms with Gasteiger partial charge in [-0.3, -0.25) is 4.79 Å². The van der Waals surface area contributed by atoms with Gasteiger partial charge in [0.25, 0.3) is 0 Å². The number of anilines is 1. The molecule has 13 heavy (non-hydrogen) atoms. The fourth-order valence-corrected chi connectivity index (χ4v) is 1.43. The van der Waals surface area contributed by atoms with Crippen LogP contribution in [0.4, 0.5) is 5.69 Å². The Morgan fingerprint density at radius 1 is 1.62 bits per heavy atom. The van der Waals surface area contributed by atoms with E-state index in [1.807, 2.05) is 0 Å². The lowest BCUT2D eigenvalue weighted by atomic mass is 10.2. The zero-order valence-corrected chi connectivity index (χ0v) is 9.45. The molecule has 6 heteroatoms. The SMILES string of the molecule is Nc1c(Cl)cc(C(=O)CBr)nc1Cl. The van der Waals surface area contributed by atoms with Crippen LogP contribution in [0.3, 0.4) is 0 Å². The molecule has 0 radical (unpaired) electrons. The minimum absolute atomic E-state index is 0.0526. The number of alkyl halides is 1. The molecule has 0 bridgehead atoms. The number of ketones is 1. The monoisotopic (exact) mass is 282 g/mol. The maximum Gasteiger partial charge on any atom is 0.191 e. The van der Waals surface area contributed by atoms with Gasteiger partial charge in [-0.05, 0) is 6.07 Å². The Balaban J connectivity index is 3.20. The van der Waals surface area contributed by atoms with E-state index in [4.69, 9.17) is 28.9 Å². The van der Waals surface area contributed by atoms with Gasteiger partial charge in [0.05, 0.1) is 16.0 Å². The van der Waals surface area contributed by atoms with Gasteiger partial charge in [0.2, 0.25) is 0 Å². The topological polar surface area (TPSA) is 56.0 Å². The van der Waals surface area contributed by atoms with Gasteiger partial charge < -0.3 is 5.73 Å².